The van der Waals surface area contributed by atoms with Gasteiger partial charge in [0.2, 0.25) is 0 Å². The highest BCUT2D eigenvalue weighted by Crippen LogP contribution is 2.15. The van der Waals surface area contributed by atoms with Crippen LogP contribution in [-0.4, -0.2) is 14.9 Å². The van der Waals surface area contributed by atoms with Gasteiger partial charge < -0.3 is 9.84 Å². The van der Waals surface area contributed by atoms with Gasteiger partial charge in [-0.05, 0) is 19.4 Å². The van der Waals surface area contributed by atoms with Crippen LogP contribution in [0.15, 0.2) is 47.2 Å². The molecule has 3 aromatic rings. The minimum Gasteiger partial charge on any atom is -0.378 e. The highest BCUT2D eigenvalue weighted by molar-refractivity contribution is 5.40. The standard InChI is InChI=1S/C16H18N4O/c1-12-16(13(2)21-19-12)9-17-15-8-18-20(11-15)10-14-6-4-3-5-7-14/h3-8,11,17H,9-10H2,1-2H3. The Kier molecular flexibility index (Phi) is 3.73. The van der Waals surface area contributed by atoms with Crippen LogP contribution < -0.4 is 5.32 Å². The Morgan fingerprint density at radius 3 is 2.71 bits per heavy atom. The van der Waals surface area contributed by atoms with E-state index in [1.807, 2.05) is 49.1 Å². The topological polar surface area (TPSA) is 55.9 Å². The van der Waals surface area contributed by atoms with Crippen molar-refractivity contribution in [3.63, 3.8) is 0 Å². The Balaban J connectivity index is 1.63. The van der Waals surface area contributed by atoms with E-state index < -0.39 is 0 Å². The Morgan fingerprint density at radius 1 is 1.19 bits per heavy atom. The number of aromatic nitrogens is 3. The first-order valence-corrected chi connectivity index (χ1v) is 6.94. The van der Waals surface area contributed by atoms with E-state index in [4.69, 9.17) is 4.52 Å². The molecule has 5 heteroatoms. The lowest BCUT2D eigenvalue weighted by atomic mass is 10.2. The van der Waals surface area contributed by atoms with Crippen molar-refractivity contribution in [2.24, 2.45) is 0 Å². The molecule has 5 nitrogen and oxygen atoms in total. The van der Waals surface area contributed by atoms with Crippen molar-refractivity contribution < 1.29 is 4.52 Å². The second kappa shape index (κ2) is 5.83. The molecular formula is C16H18N4O. The first-order chi connectivity index (χ1) is 10.2. The summed E-state index contributed by atoms with van der Waals surface area (Å²) < 4.78 is 7.08. The van der Waals surface area contributed by atoms with Gasteiger partial charge in [-0.1, -0.05) is 35.5 Å². The van der Waals surface area contributed by atoms with Gasteiger partial charge in [0, 0.05) is 18.3 Å². The zero-order valence-electron chi connectivity index (χ0n) is 12.2. The molecule has 3 rings (SSSR count). The molecule has 2 aromatic heterocycles. The zero-order valence-corrected chi connectivity index (χ0v) is 12.2. The SMILES string of the molecule is Cc1noc(C)c1CNc1cnn(Cc2ccccc2)c1. The van der Waals surface area contributed by atoms with Crippen LogP contribution in [0.4, 0.5) is 5.69 Å². The van der Waals surface area contributed by atoms with Crippen molar-refractivity contribution in [3.8, 4) is 0 Å². The fourth-order valence-corrected chi connectivity index (χ4v) is 2.26. The Bertz CT molecular complexity index is 695. The fourth-order valence-electron chi connectivity index (χ4n) is 2.26. The molecule has 0 aliphatic carbocycles. The van der Waals surface area contributed by atoms with Crippen LogP contribution in [-0.2, 0) is 13.1 Å². The maximum absolute atomic E-state index is 5.16. The van der Waals surface area contributed by atoms with Crippen LogP contribution in [0, 0.1) is 13.8 Å². The van der Waals surface area contributed by atoms with Crippen molar-refractivity contribution in [1.29, 1.82) is 0 Å². The number of hydrogen-bond donors (Lipinski definition) is 1. The fraction of sp³-hybridized carbons (Fsp3) is 0.250. The predicted octanol–water partition coefficient (Wildman–Crippen LogP) is 3.15. The molecule has 1 aromatic carbocycles. The summed E-state index contributed by atoms with van der Waals surface area (Å²) in [5, 5.41) is 11.7. The molecule has 1 N–H and O–H groups in total. The van der Waals surface area contributed by atoms with E-state index in [1.165, 1.54) is 5.56 Å². The van der Waals surface area contributed by atoms with Crippen molar-refractivity contribution in [2.45, 2.75) is 26.9 Å². The summed E-state index contributed by atoms with van der Waals surface area (Å²) in [6.45, 7) is 5.34. The summed E-state index contributed by atoms with van der Waals surface area (Å²) in [5.74, 6) is 0.858. The lowest BCUT2D eigenvalue weighted by Crippen LogP contribution is -2.01. The molecule has 2 heterocycles. The number of hydrogen-bond acceptors (Lipinski definition) is 4. The highest BCUT2D eigenvalue weighted by atomic mass is 16.5. The first kappa shape index (κ1) is 13.4. The van der Waals surface area contributed by atoms with Gasteiger partial charge in [0.05, 0.1) is 24.1 Å². The Labute approximate surface area is 123 Å². The molecule has 0 amide bonds. The molecule has 0 atom stereocenters. The quantitative estimate of drug-likeness (QED) is 0.781. The smallest absolute Gasteiger partial charge is 0.138 e. The van der Waals surface area contributed by atoms with E-state index in [9.17, 15) is 0 Å². The van der Waals surface area contributed by atoms with E-state index in [2.05, 4.69) is 27.7 Å². The van der Waals surface area contributed by atoms with Crippen LogP contribution in [0.2, 0.25) is 0 Å². The molecule has 21 heavy (non-hydrogen) atoms. The molecule has 0 fully saturated rings. The van der Waals surface area contributed by atoms with E-state index in [1.54, 1.807) is 0 Å². The second-order valence-electron chi connectivity index (χ2n) is 5.07. The molecule has 0 aliphatic rings. The number of nitrogens with zero attached hydrogens (tertiary/aromatic N) is 3. The normalized spacial score (nSPS) is 10.8. The minimum atomic E-state index is 0.693. The number of anilines is 1. The molecule has 0 bridgehead atoms. The molecule has 0 saturated carbocycles. The molecular weight excluding hydrogens is 264 g/mol. The van der Waals surface area contributed by atoms with Crippen LogP contribution in [0.5, 0.6) is 0 Å². The zero-order chi connectivity index (χ0) is 14.7. The van der Waals surface area contributed by atoms with Crippen LogP contribution >= 0.6 is 0 Å². The largest absolute Gasteiger partial charge is 0.378 e. The Hall–Kier alpha value is -2.56. The van der Waals surface area contributed by atoms with Crippen LogP contribution in [0.25, 0.3) is 0 Å². The van der Waals surface area contributed by atoms with Crippen LogP contribution in [0.3, 0.4) is 0 Å². The maximum atomic E-state index is 5.16. The van der Waals surface area contributed by atoms with Gasteiger partial charge in [-0.25, -0.2) is 0 Å². The second-order valence-corrected chi connectivity index (χ2v) is 5.07. The average Bonchev–Trinajstić information content (AvgIpc) is 3.06. The summed E-state index contributed by atoms with van der Waals surface area (Å²) in [6, 6.07) is 10.3. The number of rotatable bonds is 5. The van der Waals surface area contributed by atoms with Gasteiger partial charge in [0.25, 0.3) is 0 Å². The average molecular weight is 282 g/mol. The highest BCUT2D eigenvalue weighted by Gasteiger charge is 2.08. The monoisotopic (exact) mass is 282 g/mol. The lowest BCUT2D eigenvalue weighted by Gasteiger charge is -2.03. The van der Waals surface area contributed by atoms with E-state index >= 15 is 0 Å². The summed E-state index contributed by atoms with van der Waals surface area (Å²) in [6.07, 6.45) is 3.84. The number of aryl methyl sites for hydroxylation is 2. The van der Waals surface area contributed by atoms with E-state index in [-0.39, 0.29) is 0 Å². The van der Waals surface area contributed by atoms with E-state index in [0.29, 0.717) is 6.54 Å². The van der Waals surface area contributed by atoms with Gasteiger partial charge in [-0.2, -0.15) is 5.10 Å². The molecule has 0 aliphatic heterocycles. The lowest BCUT2D eigenvalue weighted by molar-refractivity contribution is 0.392. The van der Waals surface area contributed by atoms with Gasteiger partial charge >= 0.3 is 0 Å². The van der Waals surface area contributed by atoms with Crippen molar-refractivity contribution in [3.05, 3.63) is 65.3 Å². The molecule has 0 unspecified atom stereocenters. The van der Waals surface area contributed by atoms with Crippen molar-refractivity contribution >= 4 is 5.69 Å². The van der Waals surface area contributed by atoms with Crippen LogP contribution in [0.1, 0.15) is 22.6 Å². The third-order valence-corrected chi connectivity index (χ3v) is 3.47. The first-order valence-electron chi connectivity index (χ1n) is 6.94. The summed E-state index contributed by atoms with van der Waals surface area (Å²) in [4.78, 5) is 0. The minimum absolute atomic E-state index is 0.693. The third kappa shape index (κ3) is 3.13. The van der Waals surface area contributed by atoms with Gasteiger partial charge in [-0.3, -0.25) is 4.68 Å². The molecule has 108 valence electrons. The number of benzene rings is 1. The van der Waals surface area contributed by atoms with Crippen molar-refractivity contribution in [1.82, 2.24) is 14.9 Å². The van der Waals surface area contributed by atoms with E-state index in [0.717, 1.165) is 29.2 Å². The van der Waals surface area contributed by atoms with Gasteiger partial charge in [0.1, 0.15) is 5.76 Å². The number of nitrogens with one attached hydrogen (secondary N) is 1. The summed E-state index contributed by atoms with van der Waals surface area (Å²) in [7, 11) is 0. The predicted molar refractivity (Wildman–Crippen MR) is 81.1 cm³/mol. The molecule has 0 spiro atoms. The van der Waals surface area contributed by atoms with Gasteiger partial charge in [0.15, 0.2) is 0 Å². The third-order valence-electron chi connectivity index (χ3n) is 3.47. The van der Waals surface area contributed by atoms with Gasteiger partial charge in [-0.15, -0.1) is 0 Å². The summed E-state index contributed by atoms with van der Waals surface area (Å²) in [5.41, 5.74) is 4.26. The van der Waals surface area contributed by atoms with Crippen molar-refractivity contribution in [2.75, 3.05) is 5.32 Å². The Morgan fingerprint density at radius 2 is 2.00 bits per heavy atom. The molecule has 0 saturated heterocycles. The molecule has 0 radical (unpaired) electrons. The summed E-state index contributed by atoms with van der Waals surface area (Å²) >= 11 is 0. The maximum Gasteiger partial charge on any atom is 0.138 e.